The minimum atomic E-state index is -0.239. The molecule has 1 N–H and O–H groups in total. The lowest BCUT2D eigenvalue weighted by Gasteiger charge is -2.25. The molecule has 1 amide bonds. The van der Waals surface area contributed by atoms with Crippen LogP contribution in [-0.2, 0) is 6.54 Å². The summed E-state index contributed by atoms with van der Waals surface area (Å²) in [5.41, 5.74) is 1.85. The molecule has 8 heteroatoms. The Bertz CT molecular complexity index is 1010. The van der Waals surface area contributed by atoms with Gasteiger partial charge in [-0.15, -0.1) is 10.2 Å². The van der Waals surface area contributed by atoms with Crippen LogP contribution in [0.25, 0.3) is 0 Å². The van der Waals surface area contributed by atoms with E-state index in [4.69, 9.17) is 9.47 Å². The molecule has 0 radical (unpaired) electrons. The van der Waals surface area contributed by atoms with Gasteiger partial charge in [-0.2, -0.15) is 0 Å². The zero-order valence-electron chi connectivity index (χ0n) is 17.0. The van der Waals surface area contributed by atoms with Crippen LogP contribution in [0.2, 0.25) is 0 Å². The average Bonchev–Trinajstić information content (AvgIpc) is 3.44. The Morgan fingerprint density at radius 1 is 1.17 bits per heavy atom. The fraction of sp³-hybridized carbons (Fsp3) is 0.318. The minimum absolute atomic E-state index is 0.209. The lowest BCUT2D eigenvalue weighted by molar-refractivity contribution is 0.102. The Morgan fingerprint density at radius 3 is 2.77 bits per heavy atom. The van der Waals surface area contributed by atoms with E-state index < -0.39 is 0 Å². The Hall–Kier alpha value is -2.97. The number of aromatic nitrogens is 2. The number of carbonyl (C=O) groups excluding carboxylic acids is 1. The maximum absolute atomic E-state index is 12.5. The first-order valence-electron chi connectivity index (χ1n) is 9.82. The number of nitrogens with one attached hydrogen (secondary N) is 1. The maximum Gasteiger partial charge on any atom is 0.286 e. The summed E-state index contributed by atoms with van der Waals surface area (Å²) in [6.45, 7) is 1.59. The normalized spacial score (nSPS) is 16.4. The van der Waals surface area contributed by atoms with Gasteiger partial charge in [0.05, 0.1) is 20.8 Å². The quantitative estimate of drug-likeness (QED) is 0.614. The van der Waals surface area contributed by atoms with E-state index in [9.17, 15) is 4.79 Å². The SMILES string of the molecule is COc1ccc(OC)c(C2CCCN2Cc2nnc(C(=O)Nc3ccccc3)s2)c1. The van der Waals surface area contributed by atoms with Crippen molar-refractivity contribution in [3.63, 3.8) is 0 Å². The van der Waals surface area contributed by atoms with Gasteiger partial charge >= 0.3 is 0 Å². The molecule has 4 rings (SSSR count). The maximum atomic E-state index is 12.5. The van der Waals surface area contributed by atoms with Crippen LogP contribution in [0.1, 0.15) is 39.3 Å². The molecule has 2 aromatic carbocycles. The number of amides is 1. The number of rotatable bonds is 7. The fourth-order valence-corrected chi connectivity index (χ4v) is 4.52. The molecule has 7 nitrogen and oxygen atoms in total. The molecular formula is C22H24N4O3S. The number of carbonyl (C=O) groups is 1. The highest BCUT2D eigenvalue weighted by Gasteiger charge is 2.30. The minimum Gasteiger partial charge on any atom is -0.497 e. The van der Waals surface area contributed by atoms with Gasteiger partial charge in [-0.1, -0.05) is 29.5 Å². The third kappa shape index (κ3) is 4.44. The molecule has 2 heterocycles. The Balaban J connectivity index is 1.47. The smallest absolute Gasteiger partial charge is 0.286 e. The zero-order valence-corrected chi connectivity index (χ0v) is 17.8. The largest absolute Gasteiger partial charge is 0.497 e. The van der Waals surface area contributed by atoms with Crippen molar-refractivity contribution in [2.45, 2.75) is 25.4 Å². The molecular weight excluding hydrogens is 400 g/mol. The molecule has 0 aliphatic carbocycles. The topological polar surface area (TPSA) is 76.6 Å². The molecule has 0 bridgehead atoms. The molecule has 0 saturated carbocycles. The van der Waals surface area contributed by atoms with E-state index in [1.807, 2.05) is 48.5 Å². The first-order valence-corrected chi connectivity index (χ1v) is 10.6. The summed E-state index contributed by atoms with van der Waals surface area (Å²) in [6.07, 6.45) is 2.12. The molecule has 0 spiro atoms. The van der Waals surface area contributed by atoms with Gasteiger partial charge < -0.3 is 14.8 Å². The number of hydrogen-bond donors (Lipinski definition) is 1. The van der Waals surface area contributed by atoms with Crippen molar-refractivity contribution in [3.8, 4) is 11.5 Å². The number of likely N-dealkylation sites (tertiary alicyclic amines) is 1. The lowest BCUT2D eigenvalue weighted by atomic mass is 10.0. The van der Waals surface area contributed by atoms with Gasteiger partial charge in [0.1, 0.15) is 16.5 Å². The molecule has 1 aromatic heterocycles. The summed E-state index contributed by atoms with van der Waals surface area (Å²) in [5, 5.41) is 12.4. The summed E-state index contributed by atoms with van der Waals surface area (Å²) in [6, 6.07) is 15.4. The van der Waals surface area contributed by atoms with Gasteiger partial charge in [0.25, 0.3) is 5.91 Å². The van der Waals surface area contributed by atoms with Crippen LogP contribution in [0.5, 0.6) is 11.5 Å². The standard InChI is InChI=1S/C22H24N4O3S/c1-28-16-10-11-19(29-2)17(13-16)18-9-6-12-26(18)14-20-24-25-22(30-20)21(27)23-15-7-4-3-5-8-15/h3-5,7-8,10-11,13,18H,6,9,12,14H2,1-2H3,(H,23,27). The first-order chi connectivity index (χ1) is 14.7. The van der Waals surface area contributed by atoms with Crippen LogP contribution < -0.4 is 14.8 Å². The summed E-state index contributed by atoms with van der Waals surface area (Å²) in [7, 11) is 3.36. The van der Waals surface area contributed by atoms with Crippen LogP contribution in [-0.4, -0.2) is 41.8 Å². The number of para-hydroxylation sites is 1. The van der Waals surface area contributed by atoms with Crippen LogP contribution in [0.4, 0.5) is 5.69 Å². The summed E-state index contributed by atoms with van der Waals surface area (Å²) >= 11 is 1.33. The van der Waals surface area contributed by atoms with E-state index in [0.29, 0.717) is 11.6 Å². The van der Waals surface area contributed by atoms with Gasteiger partial charge in [0, 0.05) is 17.3 Å². The van der Waals surface area contributed by atoms with Crippen LogP contribution >= 0.6 is 11.3 Å². The van der Waals surface area contributed by atoms with Crippen molar-refractivity contribution in [3.05, 3.63) is 64.1 Å². The molecule has 1 aliphatic heterocycles. The number of benzene rings is 2. The second kappa shape index (κ2) is 9.23. The van der Waals surface area contributed by atoms with Crippen molar-refractivity contribution in [2.75, 3.05) is 26.1 Å². The van der Waals surface area contributed by atoms with E-state index in [2.05, 4.69) is 20.4 Å². The van der Waals surface area contributed by atoms with E-state index in [1.54, 1.807) is 14.2 Å². The molecule has 30 heavy (non-hydrogen) atoms. The van der Waals surface area contributed by atoms with Crippen molar-refractivity contribution in [2.24, 2.45) is 0 Å². The number of hydrogen-bond acceptors (Lipinski definition) is 7. The Morgan fingerprint density at radius 2 is 2.00 bits per heavy atom. The molecule has 1 unspecified atom stereocenters. The number of methoxy groups -OCH3 is 2. The van der Waals surface area contributed by atoms with E-state index in [1.165, 1.54) is 11.3 Å². The monoisotopic (exact) mass is 424 g/mol. The van der Waals surface area contributed by atoms with Crippen LogP contribution in [0, 0.1) is 0 Å². The number of ether oxygens (including phenoxy) is 2. The zero-order chi connectivity index (χ0) is 20.9. The van der Waals surface area contributed by atoms with Gasteiger partial charge in [-0.25, -0.2) is 0 Å². The van der Waals surface area contributed by atoms with Crippen molar-refractivity contribution in [1.29, 1.82) is 0 Å². The summed E-state index contributed by atoms with van der Waals surface area (Å²) in [4.78, 5) is 14.8. The van der Waals surface area contributed by atoms with E-state index >= 15 is 0 Å². The third-order valence-electron chi connectivity index (χ3n) is 5.19. The summed E-state index contributed by atoms with van der Waals surface area (Å²) in [5.74, 6) is 1.43. The summed E-state index contributed by atoms with van der Waals surface area (Å²) < 4.78 is 11.0. The van der Waals surface area contributed by atoms with E-state index in [0.717, 1.165) is 47.1 Å². The Labute approximate surface area is 179 Å². The van der Waals surface area contributed by atoms with E-state index in [-0.39, 0.29) is 11.9 Å². The van der Waals surface area contributed by atoms with Gasteiger partial charge in [-0.3, -0.25) is 9.69 Å². The van der Waals surface area contributed by atoms with Gasteiger partial charge in [-0.05, 0) is 49.7 Å². The molecule has 1 atom stereocenters. The average molecular weight is 425 g/mol. The molecule has 3 aromatic rings. The molecule has 1 saturated heterocycles. The second-order valence-electron chi connectivity index (χ2n) is 7.06. The fourth-order valence-electron chi connectivity index (χ4n) is 3.76. The Kier molecular flexibility index (Phi) is 6.25. The van der Waals surface area contributed by atoms with Crippen molar-refractivity contribution in [1.82, 2.24) is 15.1 Å². The molecule has 1 fully saturated rings. The van der Waals surface area contributed by atoms with Gasteiger partial charge in [0.15, 0.2) is 0 Å². The predicted octanol–water partition coefficient (Wildman–Crippen LogP) is 4.14. The molecule has 156 valence electrons. The highest BCUT2D eigenvalue weighted by molar-refractivity contribution is 7.13. The lowest BCUT2D eigenvalue weighted by Crippen LogP contribution is -2.23. The van der Waals surface area contributed by atoms with Crippen molar-refractivity contribution < 1.29 is 14.3 Å². The number of nitrogens with zero attached hydrogens (tertiary/aromatic N) is 3. The highest BCUT2D eigenvalue weighted by atomic mass is 32.1. The first kappa shape index (κ1) is 20.3. The number of anilines is 1. The second-order valence-corrected chi connectivity index (χ2v) is 8.12. The molecule has 1 aliphatic rings. The van der Waals surface area contributed by atoms with Crippen LogP contribution in [0.15, 0.2) is 48.5 Å². The van der Waals surface area contributed by atoms with Gasteiger partial charge in [0.2, 0.25) is 5.01 Å². The van der Waals surface area contributed by atoms with Crippen molar-refractivity contribution >= 4 is 22.9 Å². The van der Waals surface area contributed by atoms with Crippen LogP contribution in [0.3, 0.4) is 0 Å². The third-order valence-corrected chi connectivity index (χ3v) is 6.10. The predicted molar refractivity (Wildman–Crippen MR) is 116 cm³/mol. The highest BCUT2D eigenvalue weighted by Crippen LogP contribution is 2.39.